The average Bonchev–Trinajstić information content (AvgIpc) is 3.02. The topological polar surface area (TPSA) is 84.7 Å². The number of sulfonamides is 1. The first-order chi connectivity index (χ1) is 14.6. The third-order valence-corrected chi connectivity index (χ3v) is 5.59. The van der Waals surface area contributed by atoms with Gasteiger partial charge in [0, 0.05) is 31.8 Å². The fourth-order valence-corrected chi connectivity index (χ4v) is 4.19. The van der Waals surface area contributed by atoms with Crippen molar-refractivity contribution in [3.8, 4) is 11.3 Å². The van der Waals surface area contributed by atoms with Gasteiger partial charge in [0.2, 0.25) is 10.0 Å². The summed E-state index contributed by atoms with van der Waals surface area (Å²) >= 11 is 0. The number of hydrogen-bond acceptors (Lipinski definition) is 5. The Hall–Kier alpha value is -2.63. The number of anilines is 1. The summed E-state index contributed by atoms with van der Waals surface area (Å²) in [6.07, 6.45) is 2.53. The number of pyridine rings is 1. The maximum atomic E-state index is 15.0. The van der Waals surface area contributed by atoms with Gasteiger partial charge in [-0.15, -0.1) is 0 Å². The molecular formula is C20H21F3N4O3S. The Kier molecular flexibility index (Phi) is 5.67. The smallest absolute Gasteiger partial charge is 0.229 e. The van der Waals surface area contributed by atoms with Gasteiger partial charge in [-0.05, 0) is 24.6 Å². The number of halogens is 3. The molecule has 1 saturated heterocycles. The molecular weight excluding hydrogens is 433 g/mol. The minimum absolute atomic E-state index is 0.0559. The molecule has 0 bridgehead atoms. The van der Waals surface area contributed by atoms with Crippen LogP contribution in [0.1, 0.15) is 11.3 Å². The molecule has 7 nitrogen and oxygen atoms in total. The molecule has 11 heteroatoms. The second-order valence-electron chi connectivity index (χ2n) is 7.52. The van der Waals surface area contributed by atoms with Crippen LogP contribution < -0.4 is 10.0 Å². The molecule has 0 saturated carbocycles. The van der Waals surface area contributed by atoms with Crippen LogP contribution in [0, 0.1) is 24.4 Å². The summed E-state index contributed by atoms with van der Waals surface area (Å²) < 4.78 is 76.6. The van der Waals surface area contributed by atoms with E-state index in [0.717, 1.165) is 11.8 Å². The van der Waals surface area contributed by atoms with Gasteiger partial charge in [0.25, 0.3) is 0 Å². The quantitative estimate of drug-likeness (QED) is 0.579. The van der Waals surface area contributed by atoms with Crippen molar-refractivity contribution in [1.82, 2.24) is 14.7 Å². The van der Waals surface area contributed by atoms with Crippen molar-refractivity contribution in [3.63, 3.8) is 0 Å². The molecule has 31 heavy (non-hydrogen) atoms. The molecule has 3 heterocycles. The molecule has 0 amide bonds. The summed E-state index contributed by atoms with van der Waals surface area (Å²) in [7, 11) is -3.93. The van der Waals surface area contributed by atoms with E-state index in [1.807, 2.05) is 13.0 Å². The van der Waals surface area contributed by atoms with Gasteiger partial charge < -0.3 is 14.5 Å². The lowest BCUT2D eigenvalue weighted by Gasteiger charge is -2.24. The Bertz CT molecular complexity index is 1250. The lowest BCUT2D eigenvalue weighted by Crippen LogP contribution is -2.39. The summed E-state index contributed by atoms with van der Waals surface area (Å²) in [5, 5.41) is 3.20. The third kappa shape index (κ3) is 4.39. The summed E-state index contributed by atoms with van der Waals surface area (Å²) in [6, 6.07) is 4.19. The predicted molar refractivity (Wildman–Crippen MR) is 110 cm³/mol. The highest BCUT2D eigenvalue weighted by Gasteiger charge is 2.28. The van der Waals surface area contributed by atoms with Crippen molar-refractivity contribution in [2.75, 3.05) is 30.7 Å². The van der Waals surface area contributed by atoms with Crippen molar-refractivity contribution in [3.05, 3.63) is 53.1 Å². The Morgan fingerprint density at radius 1 is 1.29 bits per heavy atom. The van der Waals surface area contributed by atoms with E-state index in [2.05, 4.69) is 10.3 Å². The number of imidazole rings is 1. The van der Waals surface area contributed by atoms with Crippen molar-refractivity contribution in [2.45, 2.75) is 19.4 Å². The fraction of sp³-hybridized carbons (Fsp3) is 0.350. The standard InChI is InChI=1S/C20H21F3N4O3S/c1-11-3-5-27-15(8-12-10-24-4-6-30-12)20(25-16(27)7-11)17-13(21)9-14(18(22)19(17)23)26-31(2,28)29/h3,5,7,9,12,24,26H,4,6,8,10H2,1-2H3/t12-/m0/s1. The second-order valence-corrected chi connectivity index (χ2v) is 9.27. The molecule has 4 rings (SSSR count). The first-order valence-corrected chi connectivity index (χ1v) is 11.5. The Morgan fingerprint density at radius 2 is 2.06 bits per heavy atom. The Balaban J connectivity index is 1.89. The van der Waals surface area contributed by atoms with Crippen molar-refractivity contribution in [2.24, 2.45) is 0 Å². The van der Waals surface area contributed by atoms with Gasteiger partial charge in [0.1, 0.15) is 11.5 Å². The van der Waals surface area contributed by atoms with E-state index in [9.17, 15) is 17.2 Å². The highest BCUT2D eigenvalue weighted by molar-refractivity contribution is 7.92. The number of nitrogens with zero attached hydrogens (tertiary/aromatic N) is 2. The minimum Gasteiger partial charge on any atom is -0.375 e. The van der Waals surface area contributed by atoms with Gasteiger partial charge in [-0.2, -0.15) is 0 Å². The van der Waals surface area contributed by atoms with Crippen LogP contribution in [-0.2, 0) is 21.2 Å². The molecule has 2 aromatic heterocycles. The molecule has 0 unspecified atom stereocenters. The van der Waals surface area contributed by atoms with E-state index >= 15 is 4.39 Å². The number of hydrogen-bond donors (Lipinski definition) is 2. The molecule has 0 spiro atoms. The Morgan fingerprint density at radius 3 is 2.74 bits per heavy atom. The van der Waals surface area contributed by atoms with Crippen molar-refractivity contribution in [1.29, 1.82) is 0 Å². The van der Waals surface area contributed by atoms with Gasteiger partial charge in [-0.1, -0.05) is 0 Å². The molecule has 1 aromatic carbocycles. The number of benzene rings is 1. The number of ether oxygens (including phenoxy) is 1. The largest absolute Gasteiger partial charge is 0.375 e. The maximum absolute atomic E-state index is 15.0. The normalized spacial score (nSPS) is 17.3. The molecule has 0 aliphatic carbocycles. The van der Waals surface area contributed by atoms with Crippen LogP contribution in [0.4, 0.5) is 18.9 Å². The van der Waals surface area contributed by atoms with Crippen molar-refractivity contribution < 1.29 is 26.3 Å². The van der Waals surface area contributed by atoms with E-state index in [0.29, 0.717) is 37.1 Å². The van der Waals surface area contributed by atoms with Crippen LogP contribution in [0.2, 0.25) is 0 Å². The highest BCUT2D eigenvalue weighted by Crippen LogP contribution is 2.35. The van der Waals surface area contributed by atoms with Crippen LogP contribution >= 0.6 is 0 Å². The van der Waals surface area contributed by atoms with Gasteiger partial charge in [-0.25, -0.2) is 26.6 Å². The van der Waals surface area contributed by atoms with E-state index in [-0.39, 0.29) is 18.2 Å². The number of fused-ring (bicyclic) bond motifs is 1. The fourth-order valence-electron chi connectivity index (χ4n) is 3.65. The third-order valence-electron chi connectivity index (χ3n) is 5.00. The van der Waals surface area contributed by atoms with Gasteiger partial charge in [-0.3, -0.25) is 4.72 Å². The van der Waals surface area contributed by atoms with Gasteiger partial charge in [0.05, 0.1) is 41.6 Å². The van der Waals surface area contributed by atoms with E-state index in [4.69, 9.17) is 4.74 Å². The van der Waals surface area contributed by atoms with Crippen molar-refractivity contribution >= 4 is 21.4 Å². The maximum Gasteiger partial charge on any atom is 0.229 e. The van der Waals surface area contributed by atoms with E-state index in [1.54, 1.807) is 21.4 Å². The number of morpholine rings is 1. The SMILES string of the molecule is Cc1ccn2c(C[C@H]3CNCCO3)c(-c3c(F)cc(NS(C)(=O)=O)c(F)c3F)nc2c1. The van der Waals surface area contributed by atoms with E-state index in [1.165, 1.54) is 0 Å². The molecule has 0 radical (unpaired) electrons. The molecule has 1 aliphatic rings. The summed E-state index contributed by atoms with van der Waals surface area (Å²) in [5.74, 6) is -4.15. The van der Waals surface area contributed by atoms with E-state index < -0.39 is 38.7 Å². The second kappa shape index (κ2) is 8.13. The molecule has 1 aliphatic heterocycles. The average molecular weight is 454 g/mol. The lowest BCUT2D eigenvalue weighted by atomic mass is 10.0. The molecule has 1 atom stereocenters. The van der Waals surface area contributed by atoms with Gasteiger partial charge >= 0.3 is 0 Å². The zero-order valence-corrected chi connectivity index (χ0v) is 17.7. The summed E-state index contributed by atoms with van der Waals surface area (Å²) in [5.41, 5.74) is 0.292. The zero-order chi connectivity index (χ0) is 22.3. The molecule has 2 N–H and O–H groups in total. The highest BCUT2D eigenvalue weighted by atomic mass is 32.2. The number of aromatic nitrogens is 2. The van der Waals surface area contributed by atoms with Crippen LogP contribution in [0.3, 0.4) is 0 Å². The first kappa shape index (κ1) is 21.6. The first-order valence-electron chi connectivity index (χ1n) is 9.59. The number of rotatable bonds is 5. The van der Waals surface area contributed by atoms with Crippen LogP contribution in [-0.4, -0.2) is 49.9 Å². The number of aryl methyl sites for hydroxylation is 1. The minimum atomic E-state index is -3.93. The molecule has 3 aromatic rings. The monoisotopic (exact) mass is 454 g/mol. The molecule has 1 fully saturated rings. The van der Waals surface area contributed by atoms with Crippen LogP contribution in [0.25, 0.3) is 16.9 Å². The Labute approximate surface area is 177 Å². The van der Waals surface area contributed by atoms with Gasteiger partial charge in [0.15, 0.2) is 11.6 Å². The summed E-state index contributed by atoms with van der Waals surface area (Å²) in [4.78, 5) is 4.38. The van der Waals surface area contributed by atoms with Crippen LogP contribution in [0.5, 0.6) is 0 Å². The zero-order valence-electron chi connectivity index (χ0n) is 16.9. The lowest BCUT2D eigenvalue weighted by molar-refractivity contribution is 0.0286. The number of nitrogens with one attached hydrogen (secondary N) is 2. The van der Waals surface area contributed by atoms with Crippen LogP contribution in [0.15, 0.2) is 24.4 Å². The molecule has 166 valence electrons. The summed E-state index contributed by atoms with van der Waals surface area (Å²) in [6.45, 7) is 3.61. The predicted octanol–water partition coefficient (Wildman–Crippen LogP) is 2.63.